The Hall–Kier alpha value is -6.64. The Bertz CT molecular complexity index is 2780. The Balaban J connectivity index is 1.21. The second kappa shape index (κ2) is 12.2. The fourth-order valence-electron chi connectivity index (χ4n) is 9.70. The number of benzene rings is 8. The largest absolute Gasteiger partial charge is 0.309 e. The predicted molar refractivity (Wildman–Crippen MR) is 231 cm³/mol. The highest BCUT2D eigenvalue weighted by Crippen LogP contribution is 2.54. The highest BCUT2D eigenvalue weighted by molar-refractivity contribution is 6.10. The summed E-state index contributed by atoms with van der Waals surface area (Å²) >= 11 is 0. The number of rotatable bonds is 6. The summed E-state index contributed by atoms with van der Waals surface area (Å²) in [6.07, 6.45) is 1.77. The molecule has 0 N–H and O–H groups in total. The van der Waals surface area contributed by atoms with Crippen LogP contribution in [0.2, 0.25) is 0 Å². The van der Waals surface area contributed by atoms with E-state index in [0.717, 1.165) is 12.8 Å². The predicted octanol–water partition coefficient (Wildman–Crippen LogP) is 13.2. The number of aromatic nitrogens is 2. The van der Waals surface area contributed by atoms with Crippen molar-refractivity contribution in [2.75, 3.05) is 0 Å². The molecule has 2 heterocycles. The van der Waals surface area contributed by atoms with Crippen LogP contribution >= 0.6 is 0 Å². The second-order valence-corrected chi connectivity index (χ2v) is 15.6. The van der Waals surface area contributed by atoms with Crippen molar-refractivity contribution in [1.29, 1.82) is 0 Å². The summed E-state index contributed by atoms with van der Waals surface area (Å²) in [4.78, 5) is 0. The van der Waals surface area contributed by atoms with Gasteiger partial charge in [0.05, 0.1) is 22.1 Å². The van der Waals surface area contributed by atoms with E-state index >= 15 is 0 Å². The number of hydrogen-bond donors (Lipinski definition) is 0. The van der Waals surface area contributed by atoms with Gasteiger partial charge in [-0.2, -0.15) is 0 Å². The van der Waals surface area contributed by atoms with Crippen LogP contribution in [0.5, 0.6) is 0 Å². The third-order valence-corrected chi connectivity index (χ3v) is 12.3. The monoisotopic (exact) mass is 704 g/mol. The number of nitrogens with zero attached hydrogens (tertiary/aromatic N) is 2. The van der Waals surface area contributed by atoms with E-state index < -0.39 is 0 Å². The molecule has 2 aromatic heterocycles. The smallest absolute Gasteiger partial charge is 0.0541 e. The Morgan fingerprint density at radius 2 is 0.691 bits per heavy atom. The van der Waals surface area contributed by atoms with Crippen LogP contribution < -0.4 is 0 Å². The third kappa shape index (κ3) is 4.88. The molecule has 0 atom stereocenters. The summed E-state index contributed by atoms with van der Waals surface area (Å²) in [6, 6.07) is 68.4. The molecule has 0 bridgehead atoms. The normalized spacial score (nSPS) is 13.2. The van der Waals surface area contributed by atoms with Crippen molar-refractivity contribution in [2.45, 2.75) is 32.1 Å². The number of aryl methyl sites for hydroxylation is 2. The molecule has 0 fully saturated rings. The summed E-state index contributed by atoms with van der Waals surface area (Å²) in [5.41, 5.74) is 17.7. The van der Waals surface area contributed by atoms with Gasteiger partial charge in [-0.25, -0.2) is 0 Å². The lowest BCUT2D eigenvalue weighted by Crippen LogP contribution is -2.31. The molecule has 11 rings (SSSR count). The molecule has 10 aromatic rings. The van der Waals surface area contributed by atoms with Crippen LogP contribution in [0.4, 0.5) is 0 Å². The Kier molecular flexibility index (Phi) is 7.06. The van der Waals surface area contributed by atoms with Crippen molar-refractivity contribution in [3.8, 4) is 22.5 Å². The van der Waals surface area contributed by atoms with E-state index in [-0.39, 0.29) is 5.41 Å². The van der Waals surface area contributed by atoms with E-state index in [1.165, 1.54) is 99.5 Å². The number of para-hydroxylation sites is 4. The molecule has 0 amide bonds. The molecule has 8 aromatic carbocycles. The zero-order chi connectivity index (χ0) is 36.7. The highest BCUT2D eigenvalue weighted by Gasteiger charge is 2.44. The average Bonchev–Trinajstić information content (AvgIpc) is 3.83. The van der Waals surface area contributed by atoms with Gasteiger partial charge < -0.3 is 9.13 Å². The minimum absolute atomic E-state index is 0.335. The molecule has 0 saturated heterocycles. The second-order valence-electron chi connectivity index (χ2n) is 15.6. The Labute approximate surface area is 321 Å². The van der Waals surface area contributed by atoms with E-state index in [0.29, 0.717) is 0 Å². The van der Waals surface area contributed by atoms with Crippen LogP contribution in [0.15, 0.2) is 182 Å². The number of hydrogen-bond acceptors (Lipinski definition) is 0. The third-order valence-electron chi connectivity index (χ3n) is 12.3. The molecule has 55 heavy (non-hydrogen) atoms. The van der Waals surface area contributed by atoms with Gasteiger partial charge in [-0.3, -0.25) is 0 Å². The fraction of sp³-hybridized carbons (Fsp3) is 0.0943. The zero-order valence-corrected chi connectivity index (χ0v) is 31.1. The van der Waals surface area contributed by atoms with Crippen LogP contribution in [-0.2, 0) is 18.3 Å². The van der Waals surface area contributed by atoms with Crippen LogP contribution in [0.25, 0.3) is 66.1 Å². The topological polar surface area (TPSA) is 9.86 Å². The van der Waals surface area contributed by atoms with E-state index in [1.807, 2.05) is 0 Å². The average molecular weight is 705 g/mol. The molecule has 0 radical (unpaired) electrons. The maximum Gasteiger partial charge on any atom is 0.0541 e. The van der Waals surface area contributed by atoms with E-state index in [9.17, 15) is 0 Å². The SMILES string of the molecule is Cc1ccc(CC2(Cc3ccc(C)cc3)c3cc(-n4c5ccccc5c5ccccc54)ccc3-c3ccc(-n4c5ccccc5c5ccccc54)cc32)cc1. The van der Waals surface area contributed by atoms with Gasteiger partial charge >= 0.3 is 0 Å². The number of fused-ring (bicyclic) bond motifs is 9. The lowest BCUT2D eigenvalue weighted by Gasteiger charge is -2.34. The van der Waals surface area contributed by atoms with E-state index in [2.05, 4.69) is 205 Å². The standard InChI is InChI=1S/C53H40N2/c1-35-19-23-37(24-20-35)33-53(34-38-25-21-36(2)22-26-38)47-31-39(54-49-15-7-3-11-43(49)44-12-4-8-16-50(44)54)27-29-41(47)42-30-28-40(32-48(42)53)55-51-17-9-5-13-45(51)46-14-6-10-18-52(46)55/h3-32H,33-34H2,1-2H3. The highest BCUT2D eigenvalue weighted by atomic mass is 15.0. The summed E-state index contributed by atoms with van der Waals surface area (Å²) in [5.74, 6) is 0. The van der Waals surface area contributed by atoms with Gasteiger partial charge in [0.2, 0.25) is 0 Å². The van der Waals surface area contributed by atoms with Gasteiger partial charge in [-0.15, -0.1) is 0 Å². The van der Waals surface area contributed by atoms with Gasteiger partial charge in [0.15, 0.2) is 0 Å². The van der Waals surface area contributed by atoms with Crippen molar-refractivity contribution >= 4 is 43.6 Å². The van der Waals surface area contributed by atoms with E-state index in [1.54, 1.807) is 0 Å². The van der Waals surface area contributed by atoms with Crippen molar-refractivity contribution in [2.24, 2.45) is 0 Å². The van der Waals surface area contributed by atoms with Gasteiger partial charge in [-0.1, -0.05) is 145 Å². The van der Waals surface area contributed by atoms with Crippen LogP contribution in [-0.4, -0.2) is 9.13 Å². The van der Waals surface area contributed by atoms with Crippen molar-refractivity contribution < 1.29 is 0 Å². The summed E-state index contributed by atoms with van der Waals surface area (Å²) in [6.45, 7) is 4.37. The molecule has 0 unspecified atom stereocenters. The first-order valence-electron chi connectivity index (χ1n) is 19.4. The van der Waals surface area contributed by atoms with Crippen LogP contribution in [0.3, 0.4) is 0 Å². The first-order chi connectivity index (χ1) is 27.1. The van der Waals surface area contributed by atoms with Crippen LogP contribution in [0, 0.1) is 13.8 Å². The maximum absolute atomic E-state index is 2.52. The van der Waals surface area contributed by atoms with Crippen molar-refractivity contribution in [3.63, 3.8) is 0 Å². The molecule has 262 valence electrons. The van der Waals surface area contributed by atoms with Crippen molar-refractivity contribution in [1.82, 2.24) is 9.13 Å². The first kappa shape index (κ1) is 31.8. The fourth-order valence-corrected chi connectivity index (χ4v) is 9.70. The van der Waals surface area contributed by atoms with Crippen LogP contribution in [0.1, 0.15) is 33.4 Å². The lowest BCUT2D eigenvalue weighted by atomic mass is 9.69. The zero-order valence-electron chi connectivity index (χ0n) is 31.1. The Morgan fingerprint density at radius 3 is 1.04 bits per heavy atom. The Morgan fingerprint density at radius 1 is 0.364 bits per heavy atom. The van der Waals surface area contributed by atoms with Crippen molar-refractivity contribution in [3.05, 3.63) is 215 Å². The molecule has 1 aliphatic carbocycles. The molecule has 0 aliphatic heterocycles. The molecule has 0 spiro atoms. The quantitative estimate of drug-likeness (QED) is 0.163. The van der Waals surface area contributed by atoms with Gasteiger partial charge in [0.25, 0.3) is 0 Å². The van der Waals surface area contributed by atoms with Gasteiger partial charge in [0, 0.05) is 38.3 Å². The molecule has 2 heteroatoms. The van der Waals surface area contributed by atoms with Gasteiger partial charge in [-0.05, 0) is 109 Å². The molecular weight excluding hydrogens is 665 g/mol. The molecular formula is C53H40N2. The minimum Gasteiger partial charge on any atom is -0.309 e. The summed E-state index contributed by atoms with van der Waals surface area (Å²) < 4.78 is 4.94. The lowest BCUT2D eigenvalue weighted by molar-refractivity contribution is 0.519. The summed E-state index contributed by atoms with van der Waals surface area (Å²) in [7, 11) is 0. The minimum atomic E-state index is -0.335. The first-order valence-corrected chi connectivity index (χ1v) is 19.4. The maximum atomic E-state index is 2.52. The summed E-state index contributed by atoms with van der Waals surface area (Å²) in [5, 5.41) is 5.12. The molecule has 2 nitrogen and oxygen atoms in total. The van der Waals surface area contributed by atoms with Gasteiger partial charge in [0.1, 0.15) is 0 Å². The molecule has 0 saturated carbocycles. The molecule has 1 aliphatic rings. The van der Waals surface area contributed by atoms with E-state index in [4.69, 9.17) is 0 Å².